The van der Waals surface area contributed by atoms with Crippen molar-refractivity contribution in [2.75, 3.05) is 0 Å². The monoisotopic (exact) mass is 269 g/mol. The standard InChI is InChI=1S/C13H13Cl2NO/c14-10-5-3-7-12(13(10)15)17-11-6-2-1-4-9(11)8-16/h3,5,7,9,11H,1-2,4,6H2. The van der Waals surface area contributed by atoms with E-state index in [-0.39, 0.29) is 12.0 Å². The molecule has 0 spiro atoms. The number of ether oxygens (including phenoxy) is 1. The van der Waals surface area contributed by atoms with Crippen LogP contribution in [0.1, 0.15) is 25.7 Å². The van der Waals surface area contributed by atoms with Crippen molar-refractivity contribution in [1.29, 1.82) is 5.26 Å². The molecule has 2 nitrogen and oxygen atoms in total. The fraction of sp³-hybridized carbons (Fsp3) is 0.462. The lowest BCUT2D eigenvalue weighted by Crippen LogP contribution is -2.29. The summed E-state index contributed by atoms with van der Waals surface area (Å²) >= 11 is 12.0. The van der Waals surface area contributed by atoms with Gasteiger partial charge in [-0.2, -0.15) is 5.26 Å². The molecule has 2 unspecified atom stereocenters. The maximum Gasteiger partial charge on any atom is 0.139 e. The second-order valence-corrected chi connectivity index (χ2v) is 5.01. The van der Waals surface area contributed by atoms with Crippen LogP contribution in [-0.2, 0) is 0 Å². The van der Waals surface area contributed by atoms with Crippen LogP contribution in [0.5, 0.6) is 5.75 Å². The summed E-state index contributed by atoms with van der Waals surface area (Å²) in [5.41, 5.74) is 0. The van der Waals surface area contributed by atoms with E-state index in [1.54, 1.807) is 18.2 Å². The Morgan fingerprint density at radius 2 is 2.00 bits per heavy atom. The van der Waals surface area contributed by atoms with E-state index >= 15 is 0 Å². The van der Waals surface area contributed by atoms with Gasteiger partial charge in [-0.1, -0.05) is 35.7 Å². The molecule has 1 aromatic rings. The molecular formula is C13H13Cl2NO. The molecule has 0 aromatic heterocycles. The molecule has 0 bridgehead atoms. The molecule has 0 heterocycles. The van der Waals surface area contributed by atoms with Gasteiger partial charge in [0.15, 0.2) is 0 Å². The molecule has 90 valence electrons. The third-order valence-corrected chi connectivity index (χ3v) is 3.86. The Morgan fingerprint density at radius 1 is 1.24 bits per heavy atom. The molecule has 4 heteroatoms. The van der Waals surface area contributed by atoms with Gasteiger partial charge in [0.1, 0.15) is 16.9 Å². The van der Waals surface area contributed by atoms with E-state index in [0.717, 1.165) is 25.7 Å². The minimum Gasteiger partial charge on any atom is -0.487 e. The summed E-state index contributed by atoms with van der Waals surface area (Å²) in [7, 11) is 0. The van der Waals surface area contributed by atoms with Crippen molar-refractivity contribution in [1.82, 2.24) is 0 Å². The predicted molar refractivity (Wildman–Crippen MR) is 68.4 cm³/mol. The van der Waals surface area contributed by atoms with Gasteiger partial charge in [0.25, 0.3) is 0 Å². The highest BCUT2D eigenvalue weighted by molar-refractivity contribution is 6.42. The lowest BCUT2D eigenvalue weighted by molar-refractivity contribution is 0.120. The van der Waals surface area contributed by atoms with Crippen LogP contribution in [0.2, 0.25) is 10.0 Å². The number of halogens is 2. The average molecular weight is 270 g/mol. The van der Waals surface area contributed by atoms with Crippen LogP contribution in [0, 0.1) is 17.2 Å². The molecule has 2 rings (SSSR count). The zero-order chi connectivity index (χ0) is 12.3. The summed E-state index contributed by atoms with van der Waals surface area (Å²) in [5, 5.41) is 9.98. The number of nitriles is 1. The van der Waals surface area contributed by atoms with E-state index in [1.165, 1.54) is 0 Å². The van der Waals surface area contributed by atoms with Gasteiger partial charge in [-0.3, -0.25) is 0 Å². The first-order valence-electron chi connectivity index (χ1n) is 5.72. The third kappa shape index (κ3) is 2.86. The summed E-state index contributed by atoms with van der Waals surface area (Å²) in [4.78, 5) is 0. The highest BCUT2D eigenvalue weighted by Gasteiger charge is 2.27. The van der Waals surface area contributed by atoms with E-state index in [2.05, 4.69) is 6.07 Å². The molecule has 0 amide bonds. The van der Waals surface area contributed by atoms with Gasteiger partial charge in [0.05, 0.1) is 17.0 Å². The fourth-order valence-electron chi connectivity index (χ4n) is 2.12. The summed E-state index contributed by atoms with van der Waals surface area (Å²) in [5.74, 6) is 0.533. The minimum absolute atomic E-state index is 0.0428. The zero-order valence-corrected chi connectivity index (χ0v) is 10.8. The second kappa shape index (κ2) is 5.62. The van der Waals surface area contributed by atoms with Crippen LogP contribution >= 0.6 is 23.2 Å². The lowest BCUT2D eigenvalue weighted by Gasteiger charge is -2.27. The number of hydrogen-bond acceptors (Lipinski definition) is 2. The Hall–Kier alpha value is -0.910. The first-order chi connectivity index (χ1) is 8.22. The normalized spacial score (nSPS) is 24.1. The molecule has 1 aromatic carbocycles. The van der Waals surface area contributed by atoms with Crippen LogP contribution in [0.3, 0.4) is 0 Å². The maximum atomic E-state index is 9.07. The quantitative estimate of drug-likeness (QED) is 0.795. The Labute approximate surface area is 111 Å². The van der Waals surface area contributed by atoms with E-state index in [1.807, 2.05) is 0 Å². The van der Waals surface area contributed by atoms with Gasteiger partial charge in [-0.05, 0) is 31.4 Å². The van der Waals surface area contributed by atoms with Gasteiger partial charge < -0.3 is 4.74 Å². The first kappa shape index (κ1) is 12.5. The molecule has 2 atom stereocenters. The summed E-state index contributed by atoms with van der Waals surface area (Å²) in [6.07, 6.45) is 3.94. The Bertz CT molecular complexity index is 442. The molecule has 0 radical (unpaired) electrons. The van der Waals surface area contributed by atoms with Crippen LogP contribution in [0.25, 0.3) is 0 Å². The number of nitrogens with zero attached hydrogens (tertiary/aromatic N) is 1. The van der Waals surface area contributed by atoms with Gasteiger partial charge in [-0.25, -0.2) is 0 Å². The minimum atomic E-state index is -0.0651. The van der Waals surface area contributed by atoms with Gasteiger partial charge in [0, 0.05) is 0 Å². The van der Waals surface area contributed by atoms with E-state index < -0.39 is 0 Å². The maximum absolute atomic E-state index is 9.07. The molecule has 1 saturated carbocycles. The summed E-state index contributed by atoms with van der Waals surface area (Å²) in [6.45, 7) is 0. The van der Waals surface area contributed by atoms with Crippen LogP contribution < -0.4 is 4.74 Å². The Morgan fingerprint density at radius 3 is 2.76 bits per heavy atom. The van der Waals surface area contributed by atoms with Crippen molar-refractivity contribution >= 4 is 23.2 Å². The zero-order valence-electron chi connectivity index (χ0n) is 9.33. The van der Waals surface area contributed by atoms with E-state index in [0.29, 0.717) is 15.8 Å². The third-order valence-electron chi connectivity index (χ3n) is 3.06. The summed E-state index contributed by atoms with van der Waals surface area (Å²) < 4.78 is 5.83. The number of rotatable bonds is 2. The highest BCUT2D eigenvalue weighted by atomic mass is 35.5. The smallest absolute Gasteiger partial charge is 0.139 e. The lowest BCUT2D eigenvalue weighted by atomic mass is 9.87. The molecule has 1 fully saturated rings. The number of hydrogen-bond donors (Lipinski definition) is 0. The van der Waals surface area contributed by atoms with Crippen LogP contribution in [-0.4, -0.2) is 6.10 Å². The molecular weight excluding hydrogens is 257 g/mol. The largest absolute Gasteiger partial charge is 0.487 e. The highest BCUT2D eigenvalue weighted by Crippen LogP contribution is 2.35. The number of benzene rings is 1. The van der Waals surface area contributed by atoms with Crippen molar-refractivity contribution in [3.8, 4) is 11.8 Å². The Balaban J connectivity index is 2.14. The van der Waals surface area contributed by atoms with E-state index in [4.69, 9.17) is 33.2 Å². The molecule has 0 aliphatic heterocycles. The van der Waals surface area contributed by atoms with E-state index in [9.17, 15) is 0 Å². The van der Waals surface area contributed by atoms with Crippen molar-refractivity contribution < 1.29 is 4.74 Å². The molecule has 0 saturated heterocycles. The molecule has 1 aliphatic carbocycles. The van der Waals surface area contributed by atoms with Crippen LogP contribution in [0.15, 0.2) is 18.2 Å². The van der Waals surface area contributed by atoms with Crippen molar-refractivity contribution in [3.63, 3.8) is 0 Å². The van der Waals surface area contributed by atoms with Gasteiger partial charge >= 0.3 is 0 Å². The SMILES string of the molecule is N#CC1CCCCC1Oc1cccc(Cl)c1Cl. The average Bonchev–Trinajstić information content (AvgIpc) is 2.35. The summed E-state index contributed by atoms with van der Waals surface area (Å²) in [6, 6.07) is 7.62. The van der Waals surface area contributed by atoms with Gasteiger partial charge in [0.2, 0.25) is 0 Å². The van der Waals surface area contributed by atoms with Crippen molar-refractivity contribution in [2.45, 2.75) is 31.8 Å². The molecule has 1 aliphatic rings. The fourth-order valence-corrected chi connectivity index (χ4v) is 2.46. The van der Waals surface area contributed by atoms with Crippen molar-refractivity contribution in [3.05, 3.63) is 28.2 Å². The molecule has 17 heavy (non-hydrogen) atoms. The molecule has 0 N–H and O–H groups in total. The van der Waals surface area contributed by atoms with Crippen molar-refractivity contribution in [2.24, 2.45) is 5.92 Å². The van der Waals surface area contributed by atoms with Gasteiger partial charge in [-0.15, -0.1) is 0 Å². The van der Waals surface area contributed by atoms with Crippen LogP contribution in [0.4, 0.5) is 0 Å². The second-order valence-electron chi connectivity index (χ2n) is 4.23. The Kier molecular flexibility index (Phi) is 4.15. The first-order valence-corrected chi connectivity index (χ1v) is 6.48. The predicted octanol–water partition coefficient (Wildman–Crippen LogP) is 4.45. The topological polar surface area (TPSA) is 33.0 Å².